The van der Waals surface area contributed by atoms with Crippen LogP contribution in [0, 0.1) is 24.0 Å². The molecule has 3 aromatic rings. The van der Waals surface area contributed by atoms with E-state index in [1.54, 1.807) is 25.1 Å². The number of esters is 1. The van der Waals surface area contributed by atoms with Crippen molar-refractivity contribution in [2.45, 2.75) is 26.7 Å². The highest BCUT2D eigenvalue weighted by molar-refractivity contribution is 6.23. The zero-order valence-corrected chi connectivity index (χ0v) is 19.7. The lowest BCUT2D eigenvalue weighted by Gasteiger charge is -2.29. The number of hydrogen-bond donors (Lipinski definition) is 1. The molecule has 0 saturated carbocycles. The van der Waals surface area contributed by atoms with Crippen molar-refractivity contribution in [3.05, 3.63) is 110 Å². The first-order chi connectivity index (χ1) is 16.7. The van der Waals surface area contributed by atoms with Gasteiger partial charge in [0.1, 0.15) is 0 Å². The molecule has 0 bridgehead atoms. The van der Waals surface area contributed by atoms with Crippen LogP contribution in [-0.4, -0.2) is 28.4 Å². The molecule has 2 aromatic carbocycles. The number of dihydropyridines is 1. The van der Waals surface area contributed by atoms with E-state index in [1.807, 2.05) is 42.7 Å². The molecule has 1 aliphatic heterocycles. The lowest BCUT2D eigenvalue weighted by molar-refractivity contribution is -0.384. The summed E-state index contributed by atoms with van der Waals surface area (Å²) in [5.41, 5.74) is 6.54. The van der Waals surface area contributed by atoms with Crippen LogP contribution in [0.15, 0.2) is 71.4 Å². The normalized spacial score (nSPS) is 16.7. The molecule has 0 fully saturated rings. The van der Waals surface area contributed by atoms with Crippen LogP contribution in [0.3, 0.4) is 0 Å². The summed E-state index contributed by atoms with van der Waals surface area (Å²) in [5, 5.41) is 14.6. The number of methoxy groups -OCH3 is 1. The summed E-state index contributed by atoms with van der Waals surface area (Å²) in [6.07, 6.45) is 0. The maximum atomic E-state index is 13.6. The van der Waals surface area contributed by atoms with Crippen molar-refractivity contribution in [2.24, 2.45) is 0 Å². The Morgan fingerprint density at radius 1 is 1.06 bits per heavy atom. The monoisotopic (exact) mass is 469 g/mol. The Morgan fingerprint density at radius 2 is 1.77 bits per heavy atom. The quantitative estimate of drug-likeness (QED) is 0.336. The number of ketones is 1. The number of carbonyl (C=O) groups is 2. The highest BCUT2D eigenvalue weighted by Crippen LogP contribution is 2.48. The van der Waals surface area contributed by atoms with Crippen molar-refractivity contribution in [3.63, 3.8) is 0 Å². The van der Waals surface area contributed by atoms with E-state index in [4.69, 9.17) is 4.74 Å². The fourth-order valence-corrected chi connectivity index (χ4v) is 5.24. The molecule has 0 radical (unpaired) electrons. The van der Waals surface area contributed by atoms with Crippen molar-refractivity contribution < 1.29 is 19.2 Å². The van der Waals surface area contributed by atoms with E-state index in [0.717, 1.165) is 22.5 Å². The molecule has 0 amide bonds. The van der Waals surface area contributed by atoms with Crippen LogP contribution < -0.4 is 5.32 Å². The van der Waals surface area contributed by atoms with E-state index in [9.17, 15) is 19.7 Å². The molecule has 1 aromatic heterocycles. The number of aryl methyl sites for hydroxylation is 1. The number of non-ortho nitro benzene ring substituents is 1. The predicted molar refractivity (Wildman–Crippen MR) is 130 cm³/mol. The molecule has 5 rings (SSSR count). The smallest absolute Gasteiger partial charge is 0.336 e. The standard InChI is InChI=1S/C27H23N3O5/c1-14-12-21(16(3)29(14)17-8-7-9-18(13-17)30(33)34)23-22(27(32)35-4)15(2)28-25-19-10-5-6-11-20(19)26(31)24(23)25/h5-13,23,28H,1-4H3/t23-/m0/s1. The Bertz CT molecular complexity index is 1510. The molecule has 1 N–H and O–H groups in total. The molecule has 0 saturated heterocycles. The lowest BCUT2D eigenvalue weighted by atomic mass is 9.79. The van der Waals surface area contributed by atoms with Gasteiger partial charge >= 0.3 is 5.97 Å². The number of nitro groups is 1. The molecule has 2 aliphatic rings. The summed E-state index contributed by atoms with van der Waals surface area (Å²) in [4.78, 5) is 37.5. The molecule has 1 aliphatic carbocycles. The second kappa shape index (κ2) is 8.09. The number of Topliss-reactive ketones (excluding diaryl/α,β-unsaturated/α-hetero) is 1. The van der Waals surface area contributed by atoms with Gasteiger partial charge in [-0.25, -0.2) is 4.79 Å². The third kappa shape index (κ3) is 3.29. The minimum absolute atomic E-state index is 0.0178. The van der Waals surface area contributed by atoms with Gasteiger partial charge in [-0.3, -0.25) is 14.9 Å². The SMILES string of the molecule is COC(=O)C1=C(C)NC2=C(C(=O)c3ccccc32)[C@H]1c1cc(C)n(-c2cccc([N+](=O)[O-])c2)c1C. The Balaban J connectivity index is 1.74. The lowest BCUT2D eigenvalue weighted by Crippen LogP contribution is -2.29. The molecule has 176 valence electrons. The Kier molecular flexibility index (Phi) is 5.16. The highest BCUT2D eigenvalue weighted by Gasteiger charge is 2.43. The zero-order valence-electron chi connectivity index (χ0n) is 19.7. The van der Waals surface area contributed by atoms with Gasteiger partial charge in [-0.1, -0.05) is 30.3 Å². The topological polar surface area (TPSA) is 103 Å². The number of fused-ring (bicyclic) bond motifs is 2. The van der Waals surface area contributed by atoms with E-state index >= 15 is 0 Å². The number of nitrogens with one attached hydrogen (secondary N) is 1. The molecule has 0 unspecified atom stereocenters. The van der Waals surface area contributed by atoms with Gasteiger partial charge in [0.2, 0.25) is 0 Å². The van der Waals surface area contributed by atoms with Crippen molar-refractivity contribution in [2.75, 3.05) is 7.11 Å². The largest absolute Gasteiger partial charge is 0.466 e. The minimum atomic E-state index is -0.655. The average Bonchev–Trinajstić information content (AvgIpc) is 3.30. The van der Waals surface area contributed by atoms with Gasteiger partial charge in [-0.15, -0.1) is 0 Å². The fraction of sp³-hybridized carbons (Fsp3) is 0.185. The molecule has 2 heterocycles. The maximum absolute atomic E-state index is 13.6. The summed E-state index contributed by atoms with van der Waals surface area (Å²) < 4.78 is 7.03. The molecular weight excluding hydrogens is 446 g/mol. The summed E-state index contributed by atoms with van der Waals surface area (Å²) in [6.45, 7) is 5.58. The van der Waals surface area contributed by atoms with Crippen molar-refractivity contribution in [1.29, 1.82) is 0 Å². The number of carbonyl (C=O) groups excluding carboxylic acids is 2. The number of rotatable bonds is 4. The van der Waals surface area contributed by atoms with Crippen molar-refractivity contribution in [3.8, 4) is 5.69 Å². The molecule has 0 spiro atoms. The predicted octanol–water partition coefficient (Wildman–Crippen LogP) is 4.74. The van der Waals surface area contributed by atoms with Crippen LogP contribution in [0.1, 0.15) is 45.7 Å². The molecular formula is C27H23N3O5. The van der Waals surface area contributed by atoms with Crippen LogP contribution in [0.25, 0.3) is 11.4 Å². The van der Waals surface area contributed by atoms with Gasteiger partial charge in [0.05, 0.1) is 34.9 Å². The van der Waals surface area contributed by atoms with Crippen LogP contribution in [-0.2, 0) is 9.53 Å². The molecule has 1 atom stereocenters. The third-order valence-corrected chi connectivity index (χ3v) is 6.73. The second-order valence-corrected chi connectivity index (χ2v) is 8.69. The van der Waals surface area contributed by atoms with Crippen LogP contribution in [0.5, 0.6) is 0 Å². The van der Waals surface area contributed by atoms with Crippen LogP contribution in [0.4, 0.5) is 5.69 Å². The first-order valence-corrected chi connectivity index (χ1v) is 11.1. The average molecular weight is 469 g/mol. The molecule has 8 heteroatoms. The number of aromatic nitrogens is 1. The number of nitro benzene ring substituents is 1. The summed E-state index contributed by atoms with van der Waals surface area (Å²) >= 11 is 0. The number of benzene rings is 2. The van der Waals surface area contributed by atoms with Gasteiger partial charge < -0.3 is 14.6 Å². The van der Waals surface area contributed by atoms with Gasteiger partial charge in [-0.2, -0.15) is 0 Å². The van der Waals surface area contributed by atoms with E-state index in [-0.39, 0.29) is 11.5 Å². The Hall–Kier alpha value is -4.46. The van der Waals surface area contributed by atoms with E-state index < -0.39 is 16.8 Å². The fourth-order valence-electron chi connectivity index (χ4n) is 5.24. The van der Waals surface area contributed by atoms with Crippen LogP contribution >= 0.6 is 0 Å². The van der Waals surface area contributed by atoms with E-state index in [1.165, 1.54) is 19.2 Å². The Morgan fingerprint density at radius 3 is 2.46 bits per heavy atom. The third-order valence-electron chi connectivity index (χ3n) is 6.73. The summed E-state index contributed by atoms with van der Waals surface area (Å²) in [7, 11) is 1.32. The number of allylic oxidation sites excluding steroid dienone is 2. The summed E-state index contributed by atoms with van der Waals surface area (Å²) in [6, 6.07) is 15.7. The summed E-state index contributed by atoms with van der Waals surface area (Å²) in [5.74, 6) is -1.31. The first-order valence-electron chi connectivity index (χ1n) is 11.1. The Labute approximate surface area is 201 Å². The maximum Gasteiger partial charge on any atom is 0.336 e. The number of ether oxygens (including phenoxy) is 1. The second-order valence-electron chi connectivity index (χ2n) is 8.69. The number of nitrogens with zero attached hydrogens (tertiary/aromatic N) is 2. The minimum Gasteiger partial charge on any atom is -0.466 e. The van der Waals surface area contributed by atoms with Gasteiger partial charge in [-0.05, 0) is 38.5 Å². The van der Waals surface area contributed by atoms with Crippen molar-refractivity contribution in [1.82, 2.24) is 9.88 Å². The van der Waals surface area contributed by atoms with Gasteiger partial charge in [0.15, 0.2) is 5.78 Å². The van der Waals surface area contributed by atoms with Crippen LogP contribution in [0.2, 0.25) is 0 Å². The van der Waals surface area contributed by atoms with Gasteiger partial charge in [0.25, 0.3) is 5.69 Å². The zero-order chi connectivity index (χ0) is 25.0. The first kappa shape index (κ1) is 22.3. The highest BCUT2D eigenvalue weighted by atomic mass is 16.6. The van der Waals surface area contributed by atoms with E-state index in [0.29, 0.717) is 33.8 Å². The van der Waals surface area contributed by atoms with Gasteiger partial charge in [0, 0.05) is 45.9 Å². The molecule has 8 nitrogen and oxygen atoms in total. The van der Waals surface area contributed by atoms with Crippen molar-refractivity contribution >= 4 is 23.1 Å². The number of hydrogen-bond acceptors (Lipinski definition) is 6. The van der Waals surface area contributed by atoms with E-state index in [2.05, 4.69) is 5.32 Å². The molecule has 35 heavy (non-hydrogen) atoms.